The molecule has 4 heterocycles. The summed E-state index contributed by atoms with van der Waals surface area (Å²) >= 11 is 0. The van der Waals surface area contributed by atoms with E-state index in [4.69, 9.17) is 9.84 Å². The lowest BCUT2D eigenvalue weighted by Crippen LogP contribution is -2.51. The zero-order chi connectivity index (χ0) is 20.2. The predicted molar refractivity (Wildman–Crippen MR) is 117 cm³/mol. The summed E-state index contributed by atoms with van der Waals surface area (Å²) in [6, 6.07) is 15.1. The molecule has 2 fully saturated rings. The van der Waals surface area contributed by atoms with Crippen LogP contribution in [-0.2, 0) is 11.3 Å². The van der Waals surface area contributed by atoms with Gasteiger partial charge in [-0.2, -0.15) is 5.10 Å². The number of nitrogens with zero attached hydrogens (tertiary/aromatic N) is 5. The van der Waals surface area contributed by atoms with E-state index in [1.807, 2.05) is 35.3 Å². The lowest BCUT2D eigenvalue weighted by molar-refractivity contribution is 0.0126. The van der Waals surface area contributed by atoms with Gasteiger partial charge >= 0.3 is 0 Å². The number of hydrogen-bond acceptors (Lipinski definition) is 5. The molecule has 0 radical (unpaired) electrons. The lowest BCUT2D eigenvalue weighted by Gasteiger charge is -2.40. The van der Waals surface area contributed by atoms with Gasteiger partial charge in [0, 0.05) is 81.7 Å². The Morgan fingerprint density at radius 1 is 0.900 bits per heavy atom. The largest absolute Gasteiger partial charge is 0.381 e. The van der Waals surface area contributed by atoms with Crippen LogP contribution in [0.25, 0.3) is 16.9 Å². The monoisotopic (exact) mass is 403 g/mol. The number of ether oxygens (including phenoxy) is 1. The molecule has 6 heteroatoms. The van der Waals surface area contributed by atoms with Crippen LogP contribution < -0.4 is 0 Å². The van der Waals surface area contributed by atoms with Gasteiger partial charge in [-0.25, -0.2) is 4.68 Å². The highest BCUT2D eigenvalue weighted by Crippen LogP contribution is 2.25. The van der Waals surface area contributed by atoms with Crippen molar-refractivity contribution in [3.63, 3.8) is 0 Å². The normalized spacial score (nSPS) is 19.2. The Balaban J connectivity index is 1.33. The van der Waals surface area contributed by atoms with Crippen molar-refractivity contribution in [2.24, 2.45) is 0 Å². The molecular formula is C24H29N5O. The highest BCUT2D eigenvalue weighted by Gasteiger charge is 2.26. The van der Waals surface area contributed by atoms with Gasteiger partial charge in [-0.05, 0) is 37.1 Å². The maximum atomic E-state index is 5.53. The third-order valence-corrected chi connectivity index (χ3v) is 6.27. The number of piperazine rings is 1. The average molecular weight is 404 g/mol. The summed E-state index contributed by atoms with van der Waals surface area (Å²) in [5, 5.41) is 4.94. The van der Waals surface area contributed by atoms with Crippen molar-refractivity contribution in [2.75, 3.05) is 39.4 Å². The molecule has 0 aliphatic carbocycles. The molecule has 30 heavy (non-hydrogen) atoms. The van der Waals surface area contributed by atoms with Crippen LogP contribution in [0.2, 0.25) is 0 Å². The molecule has 0 unspecified atom stereocenters. The second-order valence-corrected chi connectivity index (χ2v) is 8.17. The van der Waals surface area contributed by atoms with E-state index in [0.717, 1.165) is 62.9 Å². The van der Waals surface area contributed by atoms with Crippen LogP contribution in [0.3, 0.4) is 0 Å². The fraction of sp³-hybridized carbons (Fsp3) is 0.417. The molecule has 1 aromatic carbocycles. The van der Waals surface area contributed by atoms with E-state index in [0.29, 0.717) is 6.04 Å². The quantitative estimate of drug-likeness (QED) is 0.655. The van der Waals surface area contributed by atoms with Gasteiger partial charge < -0.3 is 4.74 Å². The number of benzene rings is 1. The minimum absolute atomic E-state index is 0.703. The smallest absolute Gasteiger partial charge is 0.0973 e. The fourth-order valence-corrected chi connectivity index (χ4v) is 4.57. The molecule has 2 aliphatic heterocycles. The first-order valence-corrected chi connectivity index (χ1v) is 11.0. The zero-order valence-corrected chi connectivity index (χ0v) is 17.4. The van der Waals surface area contributed by atoms with Gasteiger partial charge in [0.15, 0.2) is 0 Å². The van der Waals surface area contributed by atoms with Crippen molar-refractivity contribution < 1.29 is 4.74 Å². The molecule has 0 N–H and O–H groups in total. The van der Waals surface area contributed by atoms with Crippen LogP contribution in [0.1, 0.15) is 18.4 Å². The maximum absolute atomic E-state index is 5.53. The Morgan fingerprint density at radius 2 is 1.63 bits per heavy atom. The molecule has 2 aromatic heterocycles. The number of hydrogen-bond donors (Lipinski definition) is 0. The Morgan fingerprint density at radius 3 is 2.37 bits per heavy atom. The zero-order valence-electron chi connectivity index (χ0n) is 17.4. The number of aromatic nitrogens is 3. The first-order chi connectivity index (χ1) is 14.9. The van der Waals surface area contributed by atoms with E-state index in [1.54, 1.807) is 0 Å². The highest BCUT2D eigenvalue weighted by atomic mass is 16.5. The standard InChI is InChI=1S/C24H29N5O/c1-2-4-23(5-3-1)29-19-21(24(26-29)20-6-10-25-11-7-20)18-27-12-14-28(15-13-27)22-8-16-30-17-9-22/h1-7,10-11,19,22H,8-9,12-18H2. The van der Waals surface area contributed by atoms with Crippen molar-refractivity contribution >= 4 is 0 Å². The van der Waals surface area contributed by atoms with E-state index >= 15 is 0 Å². The third kappa shape index (κ3) is 4.31. The van der Waals surface area contributed by atoms with E-state index in [9.17, 15) is 0 Å². The second kappa shape index (κ2) is 9.08. The number of pyridine rings is 1. The van der Waals surface area contributed by atoms with Crippen LogP contribution >= 0.6 is 0 Å². The fourth-order valence-electron chi connectivity index (χ4n) is 4.57. The van der Waals surface area contributed by atoms with Gasteiger partial charge in [-0.15, -0.1) is 0 Å². The summed E-state index contributed by atoms with van der Waals surface area (Å²) in [4.78, 5) is 9.40. The predicted octanol–water partition coefficient (Wildman–Crippen LogP) is 3.23. The molecule has 0 bridgehead atoms. The van der Waals surface area contributed by atoms with Crippen molar-refractivity contribution in [2.45, 2.75) is 25.4 Å². The van der Waals surface area contributed by atoms with Crippen LogP contribution in [0, 0.1) is 0 Å². The Hall–Kier alpha value is -2.54. The van der Waals surface area contributed by atoms with Crippen molar-refractivity contribution in [1.82, 2.24) is 24.6 Å². The summed E-state index contributed by atoms with van der Waals surface area (Å²) in [5.74, 6) is 0. The first kappa shape index (κ1) is 19.4. The number of para-hydroxylation sites is 1. The molecule has 6 nitrogen and oxygen atoms in total. The Kier molecular flexibility index (Phi) is 5.88. The van der Waals surface area contributed by atoms with Gasteiger partial charge in [0.25, 0.3) is 0 Å². The van der Waals surface area contributed by atoms with Gasteiger partial charge in [0.1, 0.15) is 0 Å². The van der Waals surface area contributed by atoms with Crippen molar-refractivity contribution in [1.29, 1.82) is 0 Å². The molecular weight excluding hydrogens is 374 g/mol. The Bertz CT molecular complexity index is 929. The van der Waals surface area contributed by atoms with Gasteiger partial charge in [0.05, 0.1) is 11.4 Å². The van der Waals surface area contributed by atoms with Crippen LogP contribution in [0.5, 0.6) is 0 Å². The van der Waals surface area contributed by atoms with Gasteiger partial charge in [-0.1, -0.05) is 18.2 Å². The molecule has 5 rings (SSSR count). The van der Waals surface area contributed by atoms with Gasteiger partial charge in [0.2, 0.25) is 0 Å². The summed E-state index contributed by atoms with van der Waals surface area (Å²) in [6.07, 6.45) is 8.22. The molecule has 0 saturated carbocycles. The van der Waals surface area contributed by atoms with E-state index in [1.165, 1.54) is 18.4 Å². The van der Waals surface area contributed by atoms with Crippen LogP contribution in [0.4, 0.5) is 0 Å². The Labute approximate surface area is 178 Å². The summed E-state index contributed by atoms with van der Waals surface area (Å²) in [5.41, 5.74) is 4.52. The SMILES string of the molecule is c1ccc(-n2cc(CN3CCN(C4CCOCC4)CC3)c(-c3ccncc3)n2)cc1. The molecule has 2 saturated heterocycles. The van der Waals surface area contributed by atoms with E-state index in [2.05, 4.69) is 45.2 Å². The summed E-state index contributed by atoms with van der Waals surface area (Å²) < 4.78 is 7.54. The summed E-state index contributed by atoms with van der Waals surface area (Å²) in [6.45, 7) is 7.24. The molecule has 0 spiro atoms. The topological polar surface area (TPSA) is 46.4 Å². The molecule has 2 aliphatic rings. The third-order valence-electron chi connectivity index (χ3n) is 6.27. The van der Waals surface area contributed by atoms with Crippen molar-refractivity contribution in [3.8, 4) is 16.9 Å². The number of rotatable bonds is 5. The maximum Gasteiger partial charge on any atom is 0.0973 e. The van der Waals surface area contributed by atoms with Crippen LogP contribution in [-0.4, -0.2) is 70.0 Å². The molecule has 0 atom stereocenters. The first-order valence-electron chi connectivity index (χ1n) is 11.0. The molecule has 3 aromatic rings. The molecule has 156 valence electrons. The average Bonchev–Trinajstić information content (AvgIpc) is 3.25. The lowest BCUT2D eigenvalue weighted by atomic mass is 10.1. The minimum Gasteiger partial charge on any atom is -0.381 e. The van der Waals surface area contributed by atoms with Crippen molar-refractivity contribution in [3.05, 3.63) is 66.6 Å². The van der Waals surface area contributed by atoms with E-state index in [-0.39, 0.29) is 0 Å². The molecule has 0 amide bonds. The van der Waals surface area contributed by atoms with E-state index < -0.39 is 0 Å². The highest BCUT2D eigenvalue weighted by molar-refractivity contribution is 5.62. The summed E-state index contributed by atoms with van der Waals surface area (Å²) in [7, 11) is 0. The second-order valence-electron chi connectivity index (χ2n) is 8.17. The minimum atomic E-state index is 0.703. The van der Waals surface area contributed by atoms with Crippen LogP contribution in [0.15, 0.2) is 61.1 Å². The van der Waals surface area contributed by atoms with Gasteiger partial charge in [-0.3, -0.25) is 14.8 Å².